The molecule has 2 N–H and O–H groups in total. The fourth-order valence-electron chi connectivity index (χ4n) is 3.56. The molecule has 1 saturated heterocycles. The Morgan fingerprint density at radius 1 is 1.19 bits per heavy atom. The maximum absolute atomic E-state index is 12.7. The lowest BCUT2D eigenvalue weighted by molar-refractivity contribution is -0.137. The molecule has 0 bridgehead atoms. The molecular formula is C23H30N4O4S. The largest absolute Gasteiger partial charge is 0.444 e. The molecule has 1 aromatic carbocycles. The lowest BCUT2D eigenvalue weighted by Crippen LogP contribution is -2.49. The van der Waals surface area contributed by atoms with Crippen molar-refractivity contribution in [1.29, 1.82) is 0 Å². The lowest BCUT2D eigenvalue weighted by Gasteiger charge is -2.25. The number of carbonyl (C=O) groups excluding carboxylic acids is 3. The molecule has 1 aliphatic rings. The van der Waals surface area contributed by atoms with Crippen LogP contribution in [-0.4, -0.2) is 52.5 Å². The monoisotopic (exact) mass is 458 g/mol. The third-order valence-electron chi connectivity index (χ3n) is 5.09. The molecule has 0 radical (unpaired) electrons. The lowest BCUT2D eigenvalue weighted by atomic mass is 10.1. The van der Waals surface area contributed by atoms with Crippen molar-refractivity contribution < 1.29 is 19.1 Å². The van der Waals surface area contributed by atoms with E-state index in [2.05, 4.69) is 15.6 Å². The highest BCUT2D eigenvalue weighted by Gasteiger charge is 2.34. The summed E-state index contributed by atoms with van der Waals surface area (Å²) in [5.74, 6) is -0.478. The standard InChI is InChI=1S/C23H30N4O4S/c1-15-20(32-14-26-15)17-9-7-16(8-10-17)12-24-21(29)18-6-5-11-27(18)19(28)13-25-22(30)31-23(2,3)4/h7-10,14,18H,5-6,11-13H2,1-4H3,(H,24,29)(H,25,30)/t18-/m0/s1. The number of nitrogens with zero attached hydrogens (tertiary/aromatic N) is 2. The summed E-state index contributed by atoms with van der Waals surface area (Å²) < 4.78 is 5.15. The summed E-state index contributed by atoms with van der Waals surface area (Å²) in [6.45, 7) is 7.93. The number of aryl methyl sites for hydroxylation is 1. The van der Waals surface area contributed by atoms with E-state index >= 15 is 0 Å². The maximum Gasteiger partial charge on any atom is 0.408 e. The zero-order chi connectivity index (χ0) is 23.3. The van der Waals surface area contributed by atoms with Crippen LogP contribution in [0.3, 0.4) is 0 Å². The second kappa shape index (κ2) is 10.1. The predicted molar refractivity (Wildman–Crippen MR) is 123 cm³/mol. The number of rotatable bonds is 6. The van der Waals surface area contributed by atoms with Gasteiger partial charge in [0.05, 0.1) is 16.1 Å². The van der Waals surface area contributed by atoms with Gasteiger partial charge in [0.1, 0.15) is 18.2 Å². The van der Waals surface area contributed by atoms with Crippen molar-refractivity contribution >= 4 is 29.2 Å². The van der Waals surface area contributed by atoms with Gasteiger partial charge >= 0.3 is 6.09 Å². The number of carbonyl (C=O) groups is 3. The molecule has 1 aliphatic heterocycles. The van der Waals surface area contributed by atoms with E-state index < -0.39 is 17.7 Å². The van der Waals surface area contributed by atoms with Crippen LogP contribution in [0.2, 0.25) is 0 Å². The smallest absolute Gasteiger partial charge is 0.408 e. The van der Waals surface area contributed by atoms with E-state index in [1.54, 1.807) is 32.1 Å². The van der Waals surface area contributed by atoms with E-state index in [9.17, 15) is 14.4 Å². The number of benzene rings is 1. The number of likely N-dealkylation sites (tertiary alicyclic amines) is 1. The number of alkyl carbamates (subject to hydrolysis) is 1. The molecule has 8 nitrogen and oxygen atoms in total. The highest BCUT2D eigenvalue weighted by atomic mass is 32.1. The normalized spacial score (nSPS) is 16.0. The molecule has 2 aromatic rings. The van der Waals surface area contributed by atoms with E-state index in [1.807, 2.05) is 36.7 Å². The number of hydrogen-bond donors (Lipinski definition) is 2. The topological polar surface area (TPSA) is 101 Å². The van der Waals surface area contributed by atoms with E-state index in [-0.39, 0.29) is 18.4 Å². The van der Waals surface area contributed by atoms with Crippen LogP contribution in [0.25, 0.3) is 10.4 Å². The van der Waals surface area contributed by atoms with Crippen molar-refractivity contribution in [3.63, 3.8) is 0 Å². The number of aromatic nitrogens is 1. The van der Waals surface area contributed by atoms with Gasteiger partial charge in [0.2, 0.25) is 11.8 Å². The average molecular weight is 459 g/mol. The first-order chi connectivity index (χ1) is 15.1. The third kappa shape index (κ3) is 6.29. The minimum atomic E-state index is -0.650. The molecule has 9 heteroatoms. The average Bonchev–Trinajstić information content (AvgIpc) is 3.38. The van der Waals surface area contributed by atoms with Crippen molar-refractivity contribution in [2.75, 3.05) is 13.1 Å². The number of amides is 3. The van der Waals surface area contributed by atoms with Gasteiger partial charge in [-0.1, -0.05) is 24.3 Å². The summed E-state index contributed by atoms with van der Waals surface area (Å²) in [6, 6.07) is 7.49. The highest BCUT2D eigenvalue weighted by Crippen LogP contribution is 2.27. The number of ether oxygens (including phenoxy) is 1. The first-order valence-electron chi connectivity index (χ1n) is 10.7. The Balaban J connectivity index is 1.50. The van der Waals surface area contributed by atoms with Gasteiger partial charge < -0.3 is 20.3 Å². The summed E-state index contributed by atoms with van der Waals surface area (Å²) in [4.78, 5) is 44.0. The van der Waals surface area contributed by atoms with Gasteiger partial charge in [0.15, 0.2) is 0 Å². The number of nitrogens with one attached hydrogen (secondary N) is 2. The summed E-state index contributed by atoms with van der Waals surface area (Å²) in [5.41, 5.74) is 4.28. The van der Waals surface area contributed by atoms with Crippen LogP contribution in [0, 0.1) is 6.92 Å². The summed E-state index contributed by atoms with van der Waals surface area (Å²) in [5, 5.41) is 5.40. The van der Waals surface area contributed by atoms with Crippen LogP contribution in [0.1, 0.15) is 44.9 Å². The first kappa shape index (κ1) is 23.7. The molecule has 2 heterocycles. The van der Waals surface area contributed by atoms with Crippen LogP contribution >= 0.6 is 11.3 Å². The minimum Gasteiger partial charge on any atom is -0.444 e. The molecule has 0 spiro atoms. The van der Waals surface area contributed by atoms with Gasteiger partial charge in [-0.15, -0.1) is 11.3 Å². The molecule has 0 saturated carbocycles. The third-order valence-corrected chi connectivity index (χ3v) is 6.06. The Morgan fingerprint density at radius 3 is 2.53 bits per heavy atom. The molecule has 1 fully saturated rings. The molecule has 1 atom stereocenters. The summed E-state index contributed by atoms with van der Waals surface area (Å²) >= 11 is 1.60. The Labute approximate surface area is 192 Å². The molecule has 1 aromatic heterocycles. The van der Waals surface area contributed by atoms with Crippen LogP contribution in [0.5, 0.6) is 0 Å². The molecule has 32 heavy (non-hydrogen) atoms. The molecular weight excluding hydrogens is 428 g/mol. The van der Waals surface area contributed by atoms with Gasteiger partial charge in [-0.3, -0.25) is 9.59 Å². The Kier molecular flexibility index (Phi) is 7.50. The zero-order valence-corrected chi connectivity index (χ0v) is 19.8. The van der Waals surface area contributed by atoms with E-state index in [4.69, 9.17) is 4.74 Å². The van der Waals surface area contributed by atoms with Crippen molar-refractivity contribution in [1.82, 2.24) is 20.5 Å². The highest BCUT2D eigenvalue weighted by molar-refractivity contribution is 7.13. The summed E-state index contributed by atoms with van der Waals surface area (Å²) in [7, 11) is 0. The molecule has 0 aliphatic carbocycles. The SMILES string of the molecule is Cc1ncsc1-c1ccc(CNC(=O)[C@@H]2CCCN2C(=O)CNC(=O)OC(C)(C)C)cc1. The quantitative estimate of drug-likeness (QED) is 0.692. The zero-order valence-electron chi connectivity index (χ0n) is 18.9. The summed E-state index contributed by atoms with van der Waals surface area (Å²) in [6.07, 6.45) is 0.704. The molecule has 3 amide bonds. The van der Waals surface area contributed by atoms with Crippen LogP contribution in [0.4, 0.5) is 4.79 Å². The van der Waals surface area contributed by atoms with Crippen molar-refractivity contribution in [2.24, 2.45) is 0 Å². The first-order valence-corrected chi connectivity index (χ1v) is 11.6. The second-order valence-corrected chi connectivity index (χ2v) is 9.64. The number of thiazole rings is 1. The Bertz CT molecular complexity index is 965. The Hall–Kier alpha value is -2.94. The molecule has 3 rings (SSSR count). The van der Waals surface area contributed by atoms with Crippen LogP contribution < -0.4 is 10.6 Å². The van der Waals surface area contributed by atoms with Gasteiger partial charge in [-0.2, -0.15) is 0 Å². The van der Waals surface area contributed by atoms with Gasteiger partial charge in [-0.05, 0) is 51.7 Å². The molecule has 172 valence electrons. The number of hydrogen-bond acceptors (Lipinski definition) is 6. The van der Waals surface area contributed by atoms with Crippen molar-refractivity contribution in [3.05, 3.63) is 41.0 Å². The Morgan fingerprint density at radius 2 is 1.91 bits per heavy atom. The predicted octanol–water partition coefficient (Wildman–Crippen LogP) is 3.25. The van der Waals surface area contributed by atoms with E-state index in [0.717, 1.165) is 28.1 Å². The van der Waals surface area contributed by atoms with E-state index in [1.165, 1.54) is 4.90 Å². The maximum atomic E-state index is 12.7. The van der Waals surface area contributed by atoms with Gasteiger partial charge in [-0.25, -0.2) is 9.78 Å². The van der Waals surface area contributed by atoms with Crippen molar-refractivity contribution in [2.45, 2.75) is 58.7 Å². The van der Waals surface area contributed by atoms with Gasteiger partial charge in [0.25, 0.3) is 0 Å². The fraction of sp³-hybridized carbons (Fsp3) is 0.478. The second-order valence-electron chi connectivity index (χ2n) is 8.78. The van der Waals surface area contributed by atoms with Crippen molar-refractivity contribution in [3.8, 4) is 10.4 Å². The van der Waals surface area contributed by atoms with Gasteiger partial charge in [0, 0.05) is 13.1 Å². The minimum absolute atomic E-state index is 0.185. The fourth-order valence-corrected chi connectivity index (χ4v) is 4.37. The van der Waals surface area contributed by atoms with E-state index in [0.29, 0.717) is 19.5 Å². The van der Waals surface area contributed by atoms with Crippen LogP contribution in [0.15, 0.2) is 29.8 Å². The molecule has 0 unspecified atom stereocenters. The van der Waals surface area contributed by atoms with Crippen LogP contribution in [-0.2, 0) is 20.9 Å².